The van der Waals surface area contributed by atoms with E-state index in [1.54, 1.807) is 0 Å². The largest absolute Gasteiger partial charge is 0.492 e. The smallest absolute Gasteiger partial charge is 0.237 e. The molecule has 0 aliphatic rings. The van der Waals surface area contributed by atoms with Crippen molar-refractivity contribution in [3.05, 3.63) is 64.7 Å². The zero-order chi connectivity index (χ0) is 18.2. The van der Waals surface area contributed by atoms with Crippen LogP contribution in [0.15, 0.2) is 48.5 Å². The highest BCUT2D eigenvalue weighted by atomic mass is 35.5. The van der Waals surface area contributed by atoms with Gasteiger partial charge in [-0.05, 0) is 50.2 Å². The van der Waals surface area contributed by atoms with Gasteiger partial charge in [0.2, 0.25) is 5.91 Å². The maximum Gasteiger partial charge on any atom is 0.237 e. The van der Waals surface area contributed by atoms with Crippen molar-refractivity contribution in [2.45, 2.75) is 26.4 Å². The van der Waals surface area contributed by atoms with Crippen molar-refractivity contribution in [1.82, 2.24) is 10.2 Å². The highest BCUT2D eigenvalue weighted by Crippen LogP contribution is 2.14. The first-order valence-corrected chi connectivity index (χ1v) is 8.76. The number of ether oxygens (including phenoxy) is 1. The Hall–Kier alpha value is -2.04. The fourth-order valence-electron chi connectivity index (χ4n) is 2.38. The van der Waals surface area contributed by atoms with Crippen molar-refractivity contribution in [3.63, 3.8) is 0 Å². The quantitative estimate of drug-likeness (QED) is 0.781. The van der Waals surface area contributed by atoms with Crippen LogP contribution in [0.25, 0.3) is 0 Å². The van der Waals surface area contributed by atoms with Gasteiger partial charge in [0.05, 0.1) is 6.04 Å². The maximum atomic E-state index is 12.3. The van der Waals surface area contributed by atoms with Crippen molar-refractivity contribution in [2.24, 2.45) is 0 Å². The molecule has 2 aromatic rings. The molecule has 2 aromatic carbocycles. The minimum Gasteiger partial charge on any atom is -0.492 e. The van der Waals surface area contributed by atoms with E-state index in [-0.39, 0.29) is 11.9 Å². The Morgan fingerprint density at radius 2 is 2.00 bits per heavy atom. The summed E-state index contributed by atoms with van der Waals surface area (Å²) in [5.74, 6) is 0.821. The first kappa shape index (κ1) is 19.3. The molecule has 1 amide bonds. The number of carbonyl (C=O) groups is 1. The minimum absolute atomic E-state index is 0.0297. The molecule has 134 valence electrons. The van der Waals surface area contributed by atoms with Crippen LogP contribution in [-0.4, -0.2) is 37.0 Å². The molecule has 0 saturated heterocycles. The number of benzene rings is 2. The van der Waals surface area contributed by atoms with Gasteiger partial charge in [-0.3, -0.25) is 9.69 Å². The Morgan fingerprint density at radius 1 is 1.24 bits per heavy atom. The van der Waals surface area contributed by atoms with Gasteiger partial charge in [-0.15, -0.1) is 0 Å². The SMILES string of the molecule is Cc1cccc(OCCN(C)C(C)C(=O)NCc2ccccc2Cl)c1. The molecular weight excluding hydrogens is 336 g/mol. The van der Waals surface area contributed by atoms with Gasteiger partial charge in [0.1, 0.15) is 12.4 Å². The Morgan fingerprint density at radius 3 is 2.72 bits per heavy atom. The monoisotopic (exact) mass is 360 g/mol. The summed E-state index contributed by atoms with van der Waals surface area (Å²) in [5.41, 5.74) is 2.08. The summed E-state index contributed by atoms with van der Waals surface area (Å²) >= 11 is 6.11. The molecule has 2 rings (SSSR count). The maximum absolute atomic E-state index is 12.3. The van der Waals surface area contributed by atoms with E-state index in [4.69, 9.17) is 16.3 Å². The van der Waals surface area contributed by atoms with E-state index in [2.05, 4.69) is 5.32 Å². The van der Waals surface area contributed by atoms with Crippen LogP contribution in [0.4, 0.5) is 0 Å². The number of aryl methyl sites for hydroxylation is 1. The standard InChI is InChI=1S/C20H25ClN2O2/c1-15-7-6-9-18(13-15)25-12-11-23(3)16(2)20(24)22-14-17-8-4-5-10-19(17)21/h4-10,13,16H,11-12,14H2,1-3H3,(H,22,24). The third-order valence-electron chi connectivity index (χ3n) is 4.15. The van der Waals surface area contributed by atoms with Gasteiger partial charge in [0, 0.05) is 18.1 Å². The van der Waals surface area contributed by atoms with Gasteiger partial charge in [0.25, 0.3) is 0 Å². The second-order valence-corrected chi connectivity index (χ2v) is 6.54. The molecule has 0 fully saturated rings. The molecule has 1 unspecified atom stereocenters. The summed E-state index contributed by atoms with van der Waals surface area (Å²) in [6.45, 7) is 5.53. The number of likely N-dealkylation sites (N-methyl/N-ethyl adjacent to an activating group) is 1. The predicted octanol–water partition coefficient (Wildman–Crippen LogP) is 3.66. The normalized spacial score (nSPS) is 12.0. The molecule has 0 spiro atoms. The molecule has 5 heteroatoms. The summed E-state index contributed by atoms with van der Waals surface area (Å²) in [6, 6.07) is 15.2. The van der Waals surface area contributed by atoms with Gasteiger partial charge < -0.3 is 10.1 Å². The summed E-state index contributed by atoms with van der Waals surface area (Å²) in [7, 11) is 1.92. The van der Waals surface area contributed by atoms with Crippen molar-refractivity contribution in [2.75, 3.05) is 20.2 Å². The fraction of sp³-hybridized carbons (Fsp3) is 0.350. The van der Waals surface area contributed by atoms with E-state index in [1.165, 1.54) is 0 Å². The van der Waals surface area contributed by atoms with Crippen LogP contribution in [0.1, 0.15) is 18.1 Å². The molecule has 0 aliphatic carbocycles. The average molecular weight is 361 g/mol. The van der Waals surface area contributed by atoms with Crippen LogP contribution in [0.5, 0.6) is 5.75 Å². The molecule has 0 radical (unpaired) electrons. The van der Waals surface area contributed by atoms with Crippen molar-refractivity contribution >= 4 is 17.5 Å². The van der Waals surface area contributed by atoms with Gasteiger partial charge in [0.15, 0.2) is 0 Å². The molecule has 25 heavy (non-hydrogen) atoms. The zero-order valence-electron chi connectivity index (χ0n) is 15.0. The number of hydrogen-bond acceptors (Lipinski definition) is 3. The fourth-order valence-corrected chi connectivity index (χ4v) is 2.58. The van der Waals surface area contributed by atoms with Crippen molar-refractivity contribution in [1.29, 1.82) is 0 Å². The van der Waals surface area contributed by atoms with E-state index in [0.717, 1.165) is 16.9 Å². The zero-order valence-corrected chi connectivity index (χ0v) is 15.7. The third kappa shape index (κ3) is 6.07. The summed E-state index contributed by atoms with van der Waals surface area (Å²) in [6.07, 6.45) is 0. The minimum atomic E-state index is -0.247. The highest BCUT2D eigenvalue weighted by Gasteiger charge is 2.17. The summed E-state index contributed by atoms with van der Waals surface area (Å²) < 4.78 is 5.74. The van der Waals surface area contributed by atoms with Gasteiger partial charge >= 0.3 is 0 Å². The lowest BCUT2D eigenvalue weighted by Crippen LogP contribution is -2.44. The van der Waals surface area contributed by atoms with Gasteiger partial charge in [-0.2, -0.15) is 0 Å². The number of amides is 1. The number of halogens is 1. The number of rotatable bonds is 8. The van der Waals surface area contributed by atoms with E-state index in [9.17, 15) is 4.79 Å². The number of nitrogens with one attached hydrogen (secondary N) is 1. The predicted molar refractivity (Wildman–Crippen MR) is 102 cm³/mol. The van der Waals surface area contributed by atoms with Gasteiger partial charge in [-0.1, -0.05) is 41.9 Å². The van der Waals surface area contributed by atoms with Gasteiger partial charge in [-0.25, -0.2) is 0 Å². The number of hydrogen-bond donors (Lipinski definition) is 1. The molecule has 0 heterocycles. The van der Waals surface area contributed by atoms with Crippen molar-refractivity contribution in [3.8, 4) is 5.75 Å². The molecule has 0 bridgehead atoms. The van der Waals surface area contributed by atoms with Crippen LogP contribution in [0, 0.1) is 6.92 Å². The summed E-state index contributed by atoms with van der Waals surface area (Å²) in [5, 5.41) is 3.59. The average Bonchev–Trinajstić information content (AvgIpc) is 2.60. The Balaban J connectivity index is 1.75. The van der Waals surface area contributed by atoms with E-state index in [0.29, 0.717) is 24.7 Å². The molecule has 1 atom stereocenters. The van der Waals surface area contributed by atoms with Crippen LogP contribution in [0.3, 0.4) is 0 Å². The molecule has 0 aliphatic heterocycles. The van der Waals surface area contributed by atoms with E-state index in [1.807, 2.05) is 74.3 Å². The Kier molecular flexibility index (Phi) is 7.29. The topological polar surface area (TPSA) is 41.6 Å². The van der Waals surface area contributed by atoms with E-state index < -0.39 is 0 Å². The molecule has 0 aromatic heterocycles. The number of carbonyl (C=O) groups excluding carboxylic acids is 1. The second kappa shape index (κ2) is 9.44. The van der Waals surface area contributed by atoms with Crippen LogP contribution in [-0.2, 0) is 11.3 Å². The highest BCUT2D eigenvalue weighted by molar-refractivity contribution is 6.31. The lowest BCUT2D eigenvalue weighted by Gasteiger charge is -2.24. The lowest BCUT2D eigenvalue weighted by molar-refractivity contribution is -0.125. The Labute approximate surface area is 154 Å². The first-order chi connectivity index (χ1) is 12.0. The van der Waals surface area contributed by atoms with Crippen LogP contribution in [0.2, 0.25) is 5.02 Å². The first-order valence-electron chi connectivity index (χ1n) is 8.38. The molecule has 1 N–H and O–H groups in total. The van der Waals surface area contributed by atoms with Crippen LogP contribution < -0.4 is 10.1 Å². The van der Waals surface area contributed by atoms with Crippen molar-refractivity contribution < 1.29 is 9.53 Å². The van der Waals surface area contributed by atoms with E-state index >= 15 is 0 Å². The molecule has 4 nitrogen and oxygen atoms in total. The lowest BCUT2D eigenvalue weighted by atomic mass is 10.2. The molecular formula is C20H25ClN2O2. The third-order valence-corrected chi connectivity index (χ3v) is 4.52. The summed E-state index contributed by atoms with van der Waals surface area (Å²) in [4.78, 5) is 14.3. The van der Waals surface area contributed by atoms with Crippen LogP contribution >= 0.6 is 11.6 Å². The second-order valence-electron chi connectivity index (χ2n) is 6.13. The number of nitrogens with zero attached hydrogens (tertiary/aromatic N) is 1. The molecule has 0 saturated carbocycles. The Bertz CT molecular complexity index is 706.